The lowest BCUT2D eigenvalue weighted by molar-refractivity contribution is 0.0966. The molecule has 0 radical (unpaired) electrons. The van der Waals surface area contributed by atoms with E-state index in [0.717, 1.165) is 41.0 Å². The third kappa shape index (κ3) is 2.89. The van der Waals surface area contributed by atoms with Crippen molar-refractivity contribution in [2.45, 2.75) is 19.4 Å². The summed E-state index contributed by atoms with van der Waals surface area (Å²) in [5.74, 6) is 0.0338. The molecule has 1 amide bonds. The molecule has 4 nitrogen and oxygen atoms in total. The Morgan fingerprint density at radius 3 is 2.62 bits per heavy atom. The van der Waals surface area contributed by atoms with Crippen molar-refractivity contribution in [3.63, 3.8) is 0 Å². The molecule has 2 aliphatic rings. The fraction of sp³-hybridized carbons (Fsp3) is 0.350. The Bertz CT molecular complexity index is 736. The van der Waals surface area contributed by atoms with Crippen molar-refractivity contribution < 1.29 is 4.79 Å². The number of nitrogens with one attached hydrogen (secondary N) is 2. The minimum atomic E-state index is 0.0338. The third-order valence-electron chi connectivity index (χ3n) is 4.99. The lowest BCUT2D eigenvalue weighted by Crippen LogP contribution is -2.26. The Balaban J connectivity index is 1.57. The van der Waals surface area contributed by atoms with Gasteiger partial charge in [-0.15, -0.1) is 0 Å². The molecule has 1 saturated heterocycles. The maximum atomic E-state index is 12.3. The Kier molecular flexibility index (Phi) is 4.22. The Hall–Kier alpha value is -2.33. The molecule has 24 heavy (non-hydrogen) atoms. The molecule has 124 valence electrons. The topological polar surface area (TPSA) is 44.4 Å². The molecule has 4 rings (SSSR count). The van der Waals surface area contributed by atoms with Gasteiger partial charge < -0.3 is 15.5 Å². The molecular formula is C20H23N3O. The van der Waals surface area contributed by atoms with Gasteiger partial charge >= 0.3 is 0 Å². The van der Waals surface area contributed by atoms with Crippen LogP contribution >= 0.6 is 0 Å². The standard InChI is InChI=1S/C20H23N3O/c24-20-19-17(14-22-20)16(15-6-2-1-3-7-15)8-9-18(19)21-10-13-23-11-4-5-12-23/h1-3,6-9,21H,4-5,10-14H2,(H,22,24). The zero-order valence-electron chi connectivity index (χ0n) is 13.8. The highest BCUT2D eigenvalue weighted by atomic mass is 16.1. The zero-order chi connectivity index (χ0) is 16.4. The predicted molar refractivity (Wildman–Crippen MR) is 97.2 cm³/mol. The first-order valence-electron chi connectivity index (χ1n) is 8.78. The van der Waals surface area contributed by atoms with Crippen LogP contribution < -0.4 is 10.6 Å². The number of rotatable bonds is 5. The van der Waals surface area contributed by atoms with E-state index in [-0.39, 0.29) is 5.91 Å². The van der Waals surface area contributed by atoms with Gasteiger partial charge in [0.05, 0.1) is 5.56 Å². The highest BCUT2D eigenvalue weighted by Gasteiger charge is 2.25. The van der Waals surface area contributed by atoms with Crippen LogP contribution in [0.5, 0.6) is 0 Å². The number of anilines is 1. The van der Waals surface area contributed by atoms with Crippen LogP contribution in [0.15, 0.2) is 42.5 Å². The van der Waals surface area contributed by atoms with Gasteiger partial charge in [-0.05, 0) is 48.7 Å². The van der Waals surface area contributed by atoms with E-state index in [2.05, 4.69) is 39.8 Å². The number of likely N-dealkylation sites (tertiary alicyclic amines) is 1. The monoisotopic (exact) mass is 321 g/mol. The van der Waals surface area contributed by atoms with E-state index in [1.54, 1.807) is 0 Å². The minimum Gasteiger partial charge on any atom is -0.383 e. The van der Waals surface area contributed by atoms with Gasteiger partial charge in [0.2, 0.25) is 0 Å². The van der Waals surface area contributed by atoms with E-state index in [1.807, 2.05) is 18.2 Å². The molecule has 0 bridgehead atoms. The molecule has 4 heteroatoms. The van der Waals surface area contributed by atoms with Gasteiger partial charge in [0.15, 0.2) is 0 Å². The molecular weight excluding hydrogens is 298 g/mol. The number of benzene rings is 2. The summed E-state index contributed by atoms with van der Waals surface area (Å²) < 4.78 is 0. The maximum absolute atomic E-state index is 12.3. The summed E-state index contributed by atoms with van der Waals surface area (Å²) >= 11 is 0. The number of hydrogen-bond acceptors (Lipinski definition) is 3. The summed E-state index contributed by atoms with van der Waals surface area (Å²) in [4.78, 5) is 14.8. The van der Waals surface area contributed by atoms with E-state index >= 15 is 0 Å². The maximum Gasteiger partial charge on any atom is 0.254 e. The second-order valence-corrected chi connectivity index (χ2v) is 6.54. The fourth-order valence-electron chi connectivity index (χ4n) is 3.74. The number of carbonyl (C=O) groups excluding carboxylic acids is 1. The summed E-state index contributed by atoms with van der Waals surface area (Å²) in [6.07, 6.45) is 2.62. The molecule has 2 aromatic carbocycles. The third-order valence-corrected chi connectivity index (χ3v) is 4.99. The quantitative estimate of drug-likeness (QED) is 0.889. The highest BCUT2D eigenvalue weighted by molar-refractivity contribution is 6.05. The molecule has 2 aliphatic heterocycles. The molecule has 0 spiro atoms. The van der Waals surface area contributed by atoms with Gasteiger partial charge in [0.1, 0.15) is 0 Å². The van der Waals surface area contributed by atoms with E-state index in [0.29, 0.717) is 6.54 Å². The smallest absolute Gasteiger partial charge is 0.254 e. The Morgan fingerprint density at radius 1 is 1.04 bits per heavy atom. The lowest BCUT2D eigenvalue weighted by atomic mass is 9.95. The van der Waals surface area contributed by atoms with Crippen molar-refractivity contribution in [3.8, 4) is 11.1 Å². The summed E-state index contributed by atoms with van der Waals surface area (Å²) in [7, 11) is 0. The summed E-state index contributed by atoms with van der Waals surface area (Å²) in [5.41, 5.74) is 5.19. The van der Waals surface area contributed by atoms with Crippen LogP contribution in [0.2, 0.25) is 0 Å². The van der Waals surface area contributed by atoms with Crippen molar-refractivity contribution in [2.75, 3.05) is 31.5 Å². The molecule has 2 aromatic rings. The first-order chi connectivity index (χ1) is 11.8. The minimum absolute atomic E-state index is 0.0338. The molecule has 2 N–H and O–H groups in total. The number of fused-ring (bicyclic) bond motifs is 1. The van der Waals surface area contributed by atoms with Crippen molar-refractivity contribution in [1.82, 2.24) is 10.2 Å². The summed E-state index contributed by atoms with van der Waals surface area (Å²) in [5, 5.41) is 6.46. The van der Waals surface area contributed by atoms with Crippen LogP contribution in [0.25, 0.3) is 11.1 Å². The van der Waals surface area contributed by atoms with Crippen molar-refractivity contribution in [1.29, 1.82) is 0 Å². The van der Waals surface area contributed by atoms with Crippen molar-refractivity contribution >= 4 is 11.6 Å². The second kappa shape index (κ2) is 6.65. The zero-order valence-corrected chi connectivity index (χ0v) is 13.8. The normalized spacial score (nSPS) is 16.9. The average molecular weight is 321 g/mol. The van der Waals surface area contributed by atoms with Crippen LogP contribution in [-0.4, -0.2) is 37.0 Å². The summed E-state index contributed by atoms with van der Waals surface area (Å²) in [6.45, 7) is 4.93. The van der Waals surface area contributed by atoms with Gasteiger partial charge in [-0.2, -0.15) is 0 Å². The predicted octanol–water partition coefficient (Wildman–Crippen LogP) is 3.10. The number of amides is 1. The molecule has 2 heterocycles. The van der Waals surface area contributed by atoms with Gasteiger partial charge in [-0.1, -0.05) is 36.4 Å². The van der Waals surface area contributed by atoms with E-state index in [9.17, 15) is 4.79 Å². The number of hydrogen-bond donors (Lipinski definition) is 2. The molecule has 0 saturated carbocycles. The second-order valence-electron chi connectivity index (χ2n) is 6.54. The highest BCUT2D eigenvalue weighted by Crippen LogP contribution is 2.33. The Labute approximate surface area is 142 Å². The number of nitrogens with zero attached hydrogens (tertiary/aromatic N) is 1. The van der Waals surface area contributed by atoms with Gasteiger partial charge in [-0.25, -0.2) is 0 Å². The van der Waals surface area contributed by atoms with E-state index in [4.69, 9.17) is 0 Å². The van der Waals surface area contributed by atoms with E-state index in [1.165, 1.54) is 25.9 Å². The number of carbonyl (C=O) groups is 1. The first-order valence-corrected chi connectivity index (χ1v) is 8.78. The summed E-state index contributed by atoms with van der Waals surface area (Å²) in [6, 6.07) is 14.5. The van der Waals surface area contributed by atoms with Crippen LogP contribution in [0, 0.1) is 0 Å². The average Bonchev–Trinajstić information content (AvgIpc) is 3.26. The van der Waals surface area contributed by atoms with Gasteiger partial charge in [0.25, 0.3) is 5.91 Å². The largest absolute Gasteiger partial charge is 0.383 e. The molecule has 0 atom stereocenters. The SMILES string of the molecule is O=C1NCc2c(-c3ccccc3)ccc(NCCN3CCCC3)c21. The van der Waals surface area contributed by atoms with Crippen molar-refractivity contribution in [2.24, 2.45) is 0 Å². The van der Waals surface area contributed by atoms with Crippen LogP contribution in [0.1, 0.15) is 28.8 Å². The molecule has 0 aliphatic carbocycles. The van der Waals surface area contributed by atoms with Crippen LogP contribution in [0.3, 0.4) is 0 Å². The first kappa shape index (κ1) is 15.2. The van der Waals surface area contributed by atoms with Gasteiger partial charge in [0, 0.05) is 25.3 Å². The van der Waals surface area contributed by atoms with Crippen LogP contribution in [-0.2, 0) is 6.54 Å². The fourth-order valence-corrected chi connectivity index (χ4v) is 3.74. The molecule has 0 unspecified atom stereocenters. The van der Waals surface area contributed by atoms with Crippen LogP contribution in [0.4, 0.5) is 5.69 Å². The van der Waals surface area contributed by atoms with E-state index < -0.39 is 0 Å². The molecule has 1 fully saturated rings. The molecule has 0 aromatic heterocycles. The lowest BCUT2D eigenvalue weighted by Gasteiger charge is -2.17. The Morgan fingerprint density at radius 2 is 1.83 bits per heavy atom. The van der Waals surface area contributed by atoms with Gasteiger partial charge in [-0.3, -0.25) is 4.79 Å². The van der Waals surface area contributed by atoms with Crippen molar-refractivity contribution in [3.05, 3.63) is 53.6 Å².